The zero-order valence-corrected chi connectivity index (χ0v) is 16.6. The molecule has 1 amide bonds. The maximum atomic E-state index is 13.3. The summed E-state index contributed by atoms with van der Waals surface area (Å²) in [6.07, 6.45) is 7.84. The summed E-state index contributed by atoms with van der Waals surface area (Å²) in [5.41, 5.74) is 1.76. The Morgan fingerprint density at radius 2 is 1.89 bits per heavy atom. The summed E-state index contributed by atoms with van der Waals surface area (Å²) in [7, 11) is 0. The second-order valence-corrected chi connectivity index (χ2v) is 9.83. The maximum absolute atomic E-state index is 13.3. The zero-order valence-electron chi connectivity index (χ0n) is 16.6. The van der Waals surface area contributed by atoms with Gasteiger partial charge in [-0.2, -0.15) is 0 Å². The van der Waals surface area contributed by atoms with E-state index in [1.807, 2.05) is 0 Å². The van der Waals surface area contributed by atoms with Crippen molar-refractivity contribution in [1.29, 1.82) is 0 Å². The van der Waals surface area contributed by atoms with Gasteiger partial charge in [0.15, 0.2) is 0 Å². The normalized spacial score (nSPS) is 36.7. The van der Waals surface area contributed by atoms with E-state index in [1.165, 1.54) is 24.8 Å². The third-order valence-corrected chi connectivity index (χ3v) is 7.32. The van der Waals surface area contributed by atoms with Crippen LogP contribution in [-0.4, -0.2) is 37.3 Å². The predicted molar refractivity (Wildman–Crippen MR) is 107 cm³/mol. The van der Waals surface area contributed by atoms with E-state index in [-0.39, 0.29) is 17.4 Å². The fraction of sp³-hybridized carbons (Fsp3) is 0.696. The lowest BCUT2D eigenvalue weighted by atomic mass is 9.38. The highest BCUT2D eigenvalue weighted by Crippen LogP contribution is 2.70. The number of benzene rings is 1. The van der Waals surface area contributed by atoms with Gasteiger partial charge in [-0.25, -0.2) is 0 Å². The quantitative estimate of drug-likeness (QED) is 0.617. The minimum atomic E-state index is -0.178. The summed E-state index contributed by atoms with van der Waals surface area (Å²) in [5, 5.41) is 15.3. The number of carbonyl (C=O) groups excluding carboxylic acids is 1. The van der Waals surface area contributed by atoms with Crippen LogP contribution >= 0.6 is 0 Å². The number of hydrogen-bond acceptors (Lipinski definition) is 3. The van der Waals surface area contributed by atoms with Gasteiger partial charge in [0.25, 0.3) is 0 Å². The van der Waals surface area contributed by atoms with Gasteiger partial charge >= 0.3 is 0 Å². The first-order valence-electron chi connectivity index (χ1n) is 10.6. The van der Waals surface area contributed by atoms with Crippen LogP contribution in [0.3, 0.4) is 0 Å². The van der Waals surface area contributed by atoms with Crippen molar-refractivity contribution in [2.24, 2.45) is 16.7 Å². The fourth-order valence-corrected chi connectivity index (χ4v) is 7.09. The van der Waals surface area contributed by atoms with Gasteiger partial charge < -0.3 is 15.7 Å². The van der Waals surface area contributed by atoms with Crippen LogP contribution in [0.5, 0.6) is 0 Å². The maximum Gasteiger partial charge on any atom is 0.226 e. The van der Waals surface area contributed by atoms with Gasteiger partial charge in [0, 0.05) is 13.1 Å². The monoisotopic (exact) mass is 370 g/mol. The van der Waals surface area contributed by atoms with Gasteiger partial charge in [0.2, 0.25) is 5.91 Å². The predicted octanol–water partition coefficient (Wildman–Crippen LogP) is 3.00. The largest absolute Gasteiger partial charge is 0.395 e. The SMILES string of the molecule is CC12CC3CC(C(=O)NCCCNCCO)(C1)CC(c1ccccc1)(C3)C2. The average Bonchev–Trinajstić information content (AvgIpc) is 2.63. The molecule has 4 fully saturated rings. The van der Waals surface area contributed by atoms with Crippen LogP contribution in [-0.2, 0) is 10.2 Å². The van der Waals surface area contributed by atoms with Crippen molar-refractivity contribution in [3.63, 3.8) is 0 Å². The summed E-state index contributed by atoms with van der Waals surface area (Å²) in [4.78, 5) is 13.3. The molecule has 1 aromatic carbocycles. The molecule has 0 aromatic heterocycles. The highest BCUT2D eigenvalue weighted by molar-refractivity contribution is 5.83. The Labute approximate surface area is 163 Å². The van der Waals surface area contributed by atoms with E-state index >= 15 is 0 Å². The van der Waals surface area contributed by atoms with Gasteiger partial charge in [-0.05, 0) is 73.8 Å². The van der Waals surface area contributed by atoms with Crippen LogP contribution in [0.4, 0.5) is 0 Å². The lowest BCUT2D eigenvalue weighted by Crippen LogP contribution is -2.62. The van der Waals surface area contributed by atoms with Crippen molar-refractivity contribution in [3.05, 3.63) is 35.9 Å². The molecule has 4 atom stereocenters. The van der Waals surface area contributed by atoms with Gasteiger partial charge in [0.1, 0.15) is 0 Å². The Hall–Kier alpha value is -1.39. The highest BCUT2D eigenvalue weighted by atomic mass is 16.3. The molecular weight excluding hydrogens is 336 g/mol. The van der Waals surface area contributed by atoms with E-state index in [9.17, 15) is 4.79 Å². The number of aliphatic hydroxyl groups is 1. The lowest BCUT2D eigenvalue weighted by Gasteiger charge is -2.65. The van der Waals surface area contributed by atoms with Crippen molar-refractivity contribution in [1.82, 2.24) is 10.6 Å². The van der Waals surface area contributed by atoms with E-state index < -0.39 is 0 Å². The molecular formula is C23H34N2O2. The highest BCUT2D eigenvalue weighted by Gasteiger charge is 2.64. The van der Waals surface area contributed by atoms with Crippen LogP contribution < -0.4 is 10.6 Å². The number of hydrogen-bond donors (Lipinski definition) is 3. The molecule has 0 aliphatic heterocycles. The number of nitrogens with one attached hydrogen (secondary N) is 2. The molecule has 3 N–H and O–H groups in total. The van der Waals surface area contributed by atoms with Gasteiger partial charge in [-0.15, -0.1) is 0 Å². The van der Waals surface area contributed by atoms with E-state index in [4.69, 9.17) is 5.11 Å². The standard InChI is InChI=1S/C23H34N2O2/c1-21-12-18-13-22(15-21,19-6-3-2-4-7-19)17-23(14-18,16-21)20(27)25-9-5-8-24-10-11-26/h2-4,6-7,18,24,26H,5,8-17H2,1H3,(H,25,27). The fourth-order valence-electron chi connectivity index (χ4n) is 7.09. The van der Waals surface area contributed by atoms with Gasteiger partial charge in [0.05, 0.1) is 12.0 Å². The molecule has 0 radical (unpaired) electrons. The molecule has 4 nitrogen and oxygen atoms in total. The van der Waals surface area contributed by atoms with Crippen molar-refractivity contribution in [3.8, 4) is 0 Å². The molecule has 4 aliphatic carbocycles. The first-order valence-corrected chi connectivity index (χ1v) is 10.6. The summed E-state index contributed by atoms with van der Waals surface area (Å²) < 4.78 is 0. The first-order chi connectivity index (χ1) is 13.0. The first kappa shape index (κ1) is 18.9. The molecule has 27 heavy (non-hydrogen) atoms. The van der Waals surface area contributed by atoms with Crippen LogP contribution in [0, 0.1) is 16.7 Å². The molecule has 0 spiro atoms. The molecule has 1 aromatic rings. The second-order valence-electron chi connectivity index (χ2n) is 9.83. The van der Waals surface area contributed by atoms with Crippen molar-refractivity contribution >= 4 is 5.91 Å². The smallest absolute Gasteiger partial charge is 0.226 e. The molecule has 4 unspecified atom stereocenters. The molecule has 0 heterocycles. The van der Waals surface area contributed by atoms with E-state index in [1.54, 1.807) is 0 Å². The Bertz CT molecular complexity index is 678. The number of amides is 1. The zero-order chi connectivity index (χ0) is 19.0. The minimum absolute atomic E-state index is 0.164. The number of aliphatic hydroxyl groups excluding tert-OH is 1. The number of carbonyl (C=O) groups is 1. The molecule has 0 saturated heterocycles. The van der Waals surface area contributed by atoms with E-state index in [2.05, 4.69) is 47.9 Å². The summed E-state index contributed by atoms with van der Waals surface area (Å²) >= 11 is 0. The molecule has 4 heteroatoms. The summed E-state index contributed by atoms with van der Waals surface area (Å²) in [5.74, 6) is 0.976. The summed E-state index contributed by atoms with van der Waals surface area (Å²) in [6.45, 7) is 4.77. The third kappa shape index (κ3) is 3.54. The third-order valence-electron chi connectivity index (χ3n) is 7.32. The Kier molecular flexibility index (Phi) is 5.06. The van der Waals surface area contributed by atoms with E-state index in [0.29, 0.717) is 23.8 Å². The van der Waals surface area contributed by atoms with Crippen LogP contribution in [0.25, 0.3) is 0 Å². The van der Waals surface area contributed by atoms with Crippen molar-refractivity contribution in [2.75, 3.05) is 26.2 Å². The molecule has 4 aliphatic rings. The topological polar surface area (TPSA) is 61.4 Å². The van der Waals surface area contributed by atoms with Gasteiger partial charge in [-0.3, -0.25) is 4.79 Å². The summed E-state index contributed by atoms with van der Waals surface area (Å²) in [6, 6.07) is 11.0. The van der Waals surface area contributed by atoms with Crippen LogP contribution in [0.15, 0.2) is 30.3 Å². The minimum Gasteiger partial charge on any atom is -0.395 e. The average molecular weight is 371 g/mol. The molecule has 4 saturated carbocycles. The Balaban J connectivity index is 1.49. The van der Waals surface area contributed by atoms with Gasteiger partial charge in [-0.1, -0.05) is 37.3 Å². The Morgan fingerprint density at radius 3 is 2.63 bits per heavy atom. The lowest BCUT2D eigenvalue weighted by molar-refractivity contribution is -0.160. The molecule has 4 bridgehead atoms. The Morgan fingerprint density at radius 1 is 1.07 bits per heavy atom. The van der Waals surface area contributed by atoms with Crippen LogP contribution in [0.2, 0.25) is 0 Å². The number of rotatable bonds is 8. The van der Waals surface area contributed by atoms with E-state index in [0.717, 1.165) is 38.8 Å². The van der Waals surface area contributed by atoms with Crippen molar-refractivity contribution < 1.29 is 9.90 Å². The van der Waals surface area contributed by atoms with Crippen molar-refractivity contribution in [2.45, 2.75) is 57.3 Å². The molecule has 148 valence electrons. The van der Waals surface area contributed by atoms with Crippen LogP contribution in [0.1, 0.15) is 57.4 Å². The second kappa shape index (κ2) is 7.21. The molecule has 5 rings (SSSR count).